The van der Waals surface area contributed by atoms with Crippen LogP contribution in [0.2, 0.25) is 0 Å². The van der Waals surface area contributed by atoms with Gasteiger partial charge in [-0.05, 0) is 22.4 Å². The van der Waals surface area contributed by atoms with Gasteiger partial charge in [-0.1, -0.05) is 0 Å². The molecule has 0 bridgehead atoms. The van der Waals surface area contributed by atoms with E-state index in [2.05, 4.69) is 37.1 Å². The van der Waals surface area contributed by atoms with E-state index in [0.717, 1.165) is 29.8 Å². The fourth-order valence-corrected chi connectivity index (χ4v) is 1.15. The molecule has 13 heavy (non-hydrogen) atoms. The number of terminal acetylenes is 1. The Morgan fingerprint density at radius 1 is 1.54 bits per heavy atom. The summed E-state index contributed by atoms with van der Waals surface area (Å²) in [5.41, 5.74) is 0. The Kier molecular flexibility index (Phi) is 4.27. The molecule has 0 saturated carbocycles. The van der Waals surface area contributed by atoms with Crippen LogP contribution in [0.3, 0.4) is 0 Å². The first-order valence-corrected chi connectivity index (χ1v) is 4.77. The molecular formula is C9H10BrN3. The summed E-state index contributed by atoms with van der Waals surface area (Å²) in [6.07, 6.45) is 8.38. The highest BCUT2D eigenvalue weighted by Crippen LogP contribution is 2.09. The second-order valence-electron chi connectivity index (χ2n) is 2.46. The molecule has 1 heterocycles. The summed E-state index contributed by atoms with van der Waals surface area (Å²) in [5.74, 6) is 3.40. The first-order chi connectivity index (χ1) is 6.33. The van der Waals surface area contributed by atoms with Gasteiger partial charge in [0.15, 0.2) is 0 Å². The summed E-state index contributed by atoms with van der Waals surface area (Å²) < 4.78 is 0.780. The molecule has 1 N–H and O–H groups in total. The monoisotopic (exact) mass is 239 g/mol. The normalized spacial score (nSPS) is 9.23. The van der Waals surface area contributed by atoms with E-state index in [9.17, 15) is 0 Å². The van der Waals surface area contributed by atoms with E-state index in [-0.39, 0.29) is 0 Å². The van der Waals surface area contributed by atoms with Gasteiger partial charge in [-0.3, -0.25) is 0 Å². The van der Waals surface area contributed by atoms with Crippen molar-refractivity contribution in [1.29, 1.82) is 0 Å². The van der Waals surface area contributed by atoms with E-state index in [1.165, 1.54) is 6.33 Å². The molecule has 0 unspecified atom stereocenters. The molecule has 0 atom stereocenters. The third kappa shape index (κ3) is 3.90. The van der Waals surface area contributed by atoms with Gasteiger partial charge in [0.2, 0.25) is 0 Å². The third-order valence-electron chi connectivity index (χ3n) is 1.44. The molecule has 0 saturated heterocycles. The predicted molar refractivity (Wildman–Crippen MR) is 56.3 cm³/mol. The molecule has 3 nitrogen and oxygen atoms in total. The Labute approximate surface area is 86.1 Å². The molecular weight excluding hydrogens is 230 g/mol. The number of rotatable bonds is 4. The summed E-state index contributed by atoms with van der Waals surface area (Å²) in [6.45, 7) is 0.841. The van der Waals surface area contributed by atoms with E-state index in [1.54, 1.807) is 0 Å². The van der Waals surface area contributed by atoms with Crippen LogP contribution in [0.15, 0.2) is 17.0 Å². The number of nitrogens with one attached hydrogen (secondary N) is 1. The van der Waals surface area contributed by atoms with Gasteiger partial charge >= 0.3 is 0 Å². The number of halogens is 1. The molecule has 0 amide bonds. The Morgan fingerprint density at radius 2 is 2.38 bits per heavy atom. The quantitative estimate of drug-likeness (QED) is 0.497. The number of aromatic nitrogens is 2. The van der Waals surface area contributed by atoms with Crippen LogP contribution in [-0.2, 0) is 0 Å². The lowest BCUT2D eigenvalue weighted by molar-refractivity contribution is 0.899. The second-order valence-corrected chi connectivity index (χ2v) is 3.27. The number of anilines is 1. The summed E-state index contributed by atoms with van der Waals surface area (Å²) in [6, 6.07) is 1.83. The standard InChI is InChI=1S/C9H10BrN3/c1-2-3-4-5-11-9-6-8(10)12-7-13-9/h1,6-7H,3-5H2,(H,11,12,13). The fraction of sp³-hybridized carbons (Fsp3) is 0.333. The first-order valence-electron chi connectivity index (χ1n) is 3.98. The Morgan fingerprint density at radius 3 is 3.08 bits per heavy atom. The summed E-state index contributed by atoms with van der Waals surface area (Å²) in [4.78, 5) is 7.95. The van der Waals surface area contributed by atoms with Gasteiger partial charge in [-0.2, -0.15) is 0 Å². The van der Waals surface area contributed by atoms with Crippen LogP contribution < -0.4 is 5.32 Å². The lowest BCUT2D eigenvalue weighted by Crippen LogP contribution is -2.02. The van der Waals surface area contributed by atoms with E-state index < -0.39 is 0 Å². The smallest absolute Gasteiger partial charge is 0.130 e. The van der Waals surface area contributed by atoms with Crippen LogP contribution in [0.5, 0.6) is 0 Å². The average molecular weight is 240 g/mol. The van der Waals surface area contributed by atoms with Crippen LogP contribution in [0.25, 0.3) is 0 Å². The molecule has 0 aliphatic heterocycles. The zero-order chi connectivity index (χ0) is 9.52. The molecule has 68 valence electrons. The number of hydrogen-bond donors (Lipinski definition) is 1. The summed E-state index contributed by atoms with van der Waals surface area (Å²) in [7, 11) is 0. The van der Waals surface area contributed by atoms with Crippen molar-refractivity contribution in [2.45, 2.75) is 12.8 Å². The van der Waals surface area contributed by atoms with Gasteiger partial charge in [-0.15, -0.1) is 12.3 Å². The number of unbranched alkanes of at least 4 members (excludes halogenated alkanes) is 1. The minimum atomic E-state index is 0.780. The van der Waals surface area contributed by atoms with E-state index in [1.807, 2.05) is 6.07 Å². The van der Waals surface area contributed by atoms with Crippen LogP contribution in [0, 0.1) is 12.3 Å². The van der Waals surface area contributed by atoms with Crippen molar-refractivity contribution in [3.05, 3.63) is 17.0 Å². The predicted octanol–water partition coefficient (Wildman–Crippen LogP) is 2.06. The maximum Gasteiger partial charge on any atom is 0.130 e. The lowest BCUT2D eigenvalue weighted by atomic mass is 10.3. The molecule has 0 radical (unpaired) electrons. The molecule has 0 spiro atoms. The van der Waals surface area contributed by atoms with Gasteiger partial charge in [0.1, 0.15) is 16.7 Å². The van der Waals surface area contributed by atoms with Crippen molar-refractivity contribution in [1.82, 2.24) is 9.97 Å². The van der Waals surface area contributed by atoms with Crippen LogP contribution in [0.1, 0.15) is 12.8 Å². The maximum atomic E-state index is 5.12. The molecule has 1 rings (SSSR count). The van der Waals surface area contributed by atoms with E-state index in [4.69, 9.17) is 6.42 Å². The van der Waals surface area contributed by atoms with Gasteiger partial charge < -0.3 is 5.32 Å². The topological polar surface area (TPSA) is 37.8 Å². The third-order valence-corrected chi connectivity index (χ3v) is 1.87. The van der Waals surface area contributed by atoms with Crippen molar-refractivity contribution >= 4 is 21.7 Å². The van der Waals surface area contributed by atoms with Crippen LogP contribution in [0.4, 0.5) is 5.82 Å². The summed E-state index contributed by atoms with van der Waals surface area (Å²) >= 11 is 3.26. The van der Waals surface area contributed by atoms with Crippen molar-refractivity contribution in [3.63, 3.8) is 0 Å². The maximum absolute atomic E-state index is 5.12. The molecule has 0 fully saturated rings. The van der Waals surface area contributed by atoms with Crippen molar-refractivity contribution in [2.24, 2.45) is 0 Å². The van der Waals surface area contributed by atoms with Crippen molar-refractivity contribution in [3.8, 4) is 12.3 Å². The number of hydrogen-bond acceptors (Lipinski definition) is 3. The van der Waals surface area contributed by atoms with E-state index >= 15 is 0 Å². The van der Waals surface area contributed by atoms with Gasteiger partial charge in [-0.25, -0.2) is 9.97 Å². The minimum Gasteiger partial charge on any atom is -0.370 e. The lowest BCUT2D eigenvalue weighted by Gasteiger charge is -2.02. The summed E-state index contributed by atoms with van der Waals surface area (Å²) in [5, 5.41) is 3.14. The van der Waals surface area contributed by atoms with Crippen LogP contribution >= 0.6 is 15.9 Å². The van der Waals surface area contributed by atoms with Gasteiger partial charge in [0, 0.05) is 19.0 Å². The largest absolute Gasteiger partial charge is 0.370 e. The van der Waals surface area contributed by atoms with Gasteiger partial charge in [0.05, 0.1) is 0 Å². The Bertz CT molecular complexity index is 306. The Balaban J connectivity index is 2.33. The molecule has 0 aliphatic carbocycles. The zero-order valence-electron chi connectivity index (χ0n) is 7.13. The molecule has 1 aromatic rings. The highest BCUT2D eigenvalue weighted by atomic mass is 79.9. The zero-order valence-corrected chi connectivity index (χ0v) is 8.71. The first kappa shape index (κ1) is 10.0. The molecule has 4 heteroatoms. The minimum absolute atomic E-state index is 0.780. The Hall–Kier alpha value is -1.08. The molecule has 1 aromatic heterocycles. The van der Waals surface area contributed by atoms with Crippen LogP contribution in [-0.4, -0.2) is 16.5 Å². The second kappa shape index (κ2) is 5.55. The molecule has 0 aliphatic rings. The van der Waals surface area contributed by atoms with E-state index in [0.29, 0.717) is 0 Å². The molecule has 0 aromatic carbocycles. The SMILES string of the molecule is C#CCCCNc1cc(Br)ncn1. The fourth-order valence-electron chi connectivity index (χ4n) is 0.837. The average Bonchev–Trinajstić information content (AvgIpc) is 2.13. The highest BCUT2D eigenvalue weighted by Gasteiger charge is 1.93. The number of nitrogens with zero attached hydrogens (tertiary/aromatic N) is 2. The van der Waals surface area contributed by atoms with Gasteiger partial charge in [0.25, 0.3) is 0 Å². The van der Waals surface area contributed by atoms with Crippen molar-refractivity contribution in [2.75, 3.05) is 11.9 Å². The highest BCUT2D eigenvalue weighted by molar-refractivity contribution is 9.10. The van der Waals surface area contributed by atoms with Crippen molar-refractivity contribution < 1.29 is 0 Å².